The lowest BCUT2D eigenvalue weighted by Crippen LogP contribution is -2.46. The molecule has 0 unspecified atom stereocenters. The van der Waals surface area contributed by atoms with Crippen LogP contribution < -0.4 is 15.0 Å². The number of carbonyl (C=O) groups is 1. The maximum atomic E-state index is 14.5. The molecule has 2 aliphatic heterocycles. The lowest BCUT2D eigenvalue weighted by Gasteiger charge is -2.36. The van der Waals surface area contributed by atoms with Crippen molar-refractivity contribution in [1.82, 2.24) is 24.8 Å². The van der Waals surface area contributed by atoms with E-state index in [2.05, 4.69) is 21.4 Å². The van der Waals surface area contributed by atoms with Gasteiger partial charge in [-0.25, -0.2) is 24.3 Å². The van der Waals surface area contributed by atoms with E-state index >= 15 is 0 Å². The summed E-state index contributed by atoms with van der Waals surface area (Å²) in [6, 6.07) is 5.61. The van der Waals surface area contributed by atoms with E-state index in [1.807, 2.05) is 43.8 Å². The smallest absolute Gasteiger partial charge is 0.230 e. The predicted molar refractivity (Wildman–Crippen MR) is 144 cm³/mol. The number of hydrogen-bond acceptors (Lipinski definition) is 8. The second-order valence-corrected chi connectivity index (χ2v) is 10.6. The molecule has 1 spiro atoms. The third-order valence-electron chi connectivity index (χ3n) is 7.66. The van der Waals surface area contributed by atoms with Crippen molar-refractivity contribution in [3.8, 4) is 17.3 Å². The SMILES string of the molecule is COc1cc([C@@H](C)C(=O)N2CC[C@@]3(CCc4cc(-c5nc(C)cc(N(C)C)n5)c(C)nc4N3)C2)c(F)cn1. The highest BCUT2D eigenvalue weighted by Crippen LogP contribution is 2.39. The summed E-state index contributed by atoms with van der Waals surface area (Å²) < 4.78 is 19.6. The Morgan fingerprint density at radius 1 is 1.18 bits per heavy atom. The highest BCUT2D eigenvalue weighted by Gasteiger charge is 2.43. The number of ether oxygens (including phenoxy) is 1. The molecule has 0 aromatic carbocycles. The number of nitrogens with one attached hydrogen (secondary N) is 1. The topological polar surface area (TPSA) is 96.4 Å². The molecule has 2 atom stereocenters. The molecule has 9 nitrogen and oxygen atoms in total. The zero-order chi connectivity index (χ0) is 27.2. The number of nitrogens with zero attached hydrogens (tertiary/aromatic N) is 6. The Morgan fingerprint density at radius 3 is 2.71 bits per heavy atom. The minimum atomic E-state index is -0.637. The van der Waals surface area contributed by atoms with Gasteiger partial charge in [0.15, 0.2) is 5.82 Å². The second-order valence-electron chi connectivity index (χ2n) is 10.6. The van der Waals surface area contributed by atoms with Crippen LogP contribution >= 0.6 is 0 Å². The first-order chi connectivity index (χ1) is 18.1. The predicted octanol–water partition coefficient (Wildman–Crippen LogP) is 3.90. The molecule has 0 radical (unpaired) electrons. The summed E-state index contributed by atoms with van der Waals surface area (Å²) in [4.78, 5) is 35.4. The van der Waals surface area contributed by atoms with E-state index in [4.69, 9.17) is 14.7 Å². The number of methoxy groups -OCH3 is 1. The molecule has 5 rings (SSSR count). The van der Waals surface area contributed by atoms with Crippen LogP contribution in [-0.4, -0.2) is 70.6 Å². The van der Waals surface area contributed by atoms with Crippen molar-refractivity contribution in [1.29, 1.82) is 0 Å². The highest BCUT2D eigenvalue weighted by atomic mass is 19.1. The highest BCUT2D eigenvalue weighted by molar-refractivity contribution is 5.84. The van der Waals surface area contributed by atoms with Crippen molar-refractivity contribution in [2.45, 2.75) is 51.5 Å². The minimum Gasteiger partial charge on any atom is -0.481 e. The molecule has 2 aliphatic rings. The Hall–Kier alpha value is -3.82. The third kappa shape index (κ3) is 4.75. The molecule has 3 aromatic rings. The number of amides is 1. The van der Waals surface area contributed by atoms with Crippen molar-refractivity contribution in [2.24, 2.45) is 0 Å². The lowest BCUT2D eigenvalue weighted by molar-refractivity contribution is -0.131. The molecule has 3 aromatic heterocycles. The molecule has 10 heteroatoms. The van der Waals surface area contributed by atoms with Crippen LogP contribution in [-0.2, 0) is 11.2 Å². The van der Waals surface area contributed by atoms with Crippen LogP contribution in [0.1, 0.15) is 48.2 Å². The Morgan fingerprint density at radius 2 is 1.97 bits per heavy atom. The quantitative estimate of drug-likeness (QED) is 0.542. The summed E-state index contributed by atoms with van der Waals surface area (Å²) in [6.07, 6.45) is 3.62. The lowest BCUT2D eigenvalue weighted by atomic mass is 9.86. The summed E-state index contributed by atoms with van der Waals surface area (Å²) in [5.74, 6) is 1.43. The first-order valence-corrected chi connectivity index (χ1v) is 12.9. The molecule has 0 aliphatic carbocycles. The van der Waals surface area contributed by atoms with Gasteiger partial charge in [0, 0.05) is 56.1 Å². The Labute approximate surface area is 222 Å². The van der Waals surface area contributed by atoms with Gasteiger partial charge in [-0.05, 0) is 51.7 Å². The maximum Gasteiger partial charge on any atom is 0.230 e. The van der Waals surface area contributed by atoms with Crippen molar-refractivity contribution in [3.05, 3.63) is 52.7 Å². The van der Waals surface area contributed by atoms with Crippen LogP contribution in [0.15, 0.2) is 24.4 Å². The van der Waals surface area contributed by atoms with Gasteiger partial charge in [0.05, 0.1) is 30.5 Å². The van der Waals surface area contributed by atoms with E-state index in [-0.39, 0.29) is 11.4 Å². The average Bonchev–Trinajstić information content (AvgIpc) is 3.30. The number of rotatable bonds is 5. The Balaban J connectivity index is 1.35. The summed E-state index contributed by atoms with van der Waals surface area (Å²) in [6.45, 7) is 6.84. The van der Waals surface area contributed by atoms with Gasteiger partial charge in [-0.3, -0.25) is 4.79 Å². The Bertz CT molecular complexity index is 1400. The van der Waals surface area contributed by atoms with Gasteiger partial charge in [-0.1, -0.05) is 0 Å². The van der Waals surface area contributed by atoms with Gasteiger partial charge < -0.3 is 19.9 Å². The number of carbonyl (C=O) groups excluding carboxylic acids is 1. The van der Waals surface area contributed by atoms with Crippen LogP contribution in [0.3, 0.4) is 0 Å². The molecule has 1 N–H and O–H groups in total. The van der Waals surface area contributed by atoms with Crippen LogP contribution in [0.2, 0.25) is 0 Å². The number of anilines is 2. The first kappa shape index (κ1) is 25.8. The van der Waals surface area contributed by atoms with E-state index < -0.39 is 11.7 Å². The van der Waals surface area contributed by atoms with Crippen LogP contribution in [0.5, 0.6) is 5.88 Å². The number of fused-ring (bicyclic) bond motifs is 1. The van der Waals surface area contributed by atoms with Crippen LogP contribution in [0, 0.1) is 19.7 Å². The van der Waals surface area contributed by atoms with Gasteiger partial charge in [-0.2, -0.15) is 0 Å². The van der Waals surface area contributed by atoms with E-state index in [0.717, 1.165) is 59.6 Å². The fraction of sp³-hybridized carbons (Fsp3) is 0.464. The maximum absolute atomic E-state index is 14.5. The molecule has 1 fully saturated rings. The normalized spacial score (nSPS) is 19.2. The molecule has 200 valence electrons. The third-order valence-corrected chi connectivity index (χ3v) is 7.66. The van der Waals surface area contributed by atoms with Gasteiger partial charge in [0.25, 0.3) is 0 Å². The molecule has 5 heterocycles. The molecule has 1 saturated heterocycles. The van der Waals surface area contributed by atoms with Crippen LogP contribution in [0.25, 0.3) is 11.4 Å². The molecule has 1 amide bonds. The number of pyridine rings is 2. The fourth-order valence-electron chi connectivity index (χ4n) is 5.41. The second kappa shape index (κ2) is 9.81. The van der Waals surface area contributed by atoms with Crippen molar-refractivity contribution < 1.29 is 13.9 Å². The Kier molecular flexibility index (Phi) is 6.66. The van der Waals surface area contributed by atoms with Crippen LogP contribution in [0.4, 0.5) is 16.0 Å². The fourth-order valence-corrected chi connectivity index (χ4v) is 5.41. The zero-order valence-corrected chi connectivity index (χ0v) is 22.8. The van der Waals surface area contributed by atoms with Gasteiger partial charge in [0.2, 0.25) is 11.8 Å². The van der Waals surface area contributed by atoms with Crippen molar-refractivity contribution in [3.63, 3.8) is 0 Å². The van der Waals surface area contributed by atoms with E-state index in [9.17, 15) is 9.18 Å². The summed E-state index contributed by atoms with van der Waals surface area (Å²) >= 11 is 0. The largest absolute Gasteiger partial charge is 0.481 e. The number of aromatic nitrogens is 4. The molecular formula is C28H34FN7O2. The standard InChI is InChI=1S/C28H34FN7O2/c1-16-11-23(35(4)5)33-26(31-16)21-12-19-7-8-28(34-25(19)32-18(21)3)9-10-36(15-28)27(37)17(2)20-13-24(38-6)30-14-22(20)29/h11-14,17H,7-10,15H2,1-6H3,(H,32,34)/t17-,28+/m1/s1. The first-order valence-electron chi connectivity index (χ1n) is 12.9. The number of aryl methyl sites for hydroxylation is 3. The number of halogens is 1. The zero-order valence-electron chi connectivity index (χ0n) is 22.8. The van der Waals surface area contributed by atoms with E-state index in [1.165, 1.54) is 13.2 Å². The minimum absolute atomic E-state index is 0.102. The molecule has 0 bridgehead atoms. The van der Waals surface area contributed by atoms with Gasteiger partial charge in [-0.15, -0.1) is 0 Å². The summed E-state index contributed by atoms with van der Waals surface area (Å²) in [7, 11) is 5.41. The van der Waals surface area contributed by atoms with Gasteiger partial charge >= 0.3 is 0 Å². The van der Waals surface area contributed by atoms with Crippen molar-refractivity contribution >= 4 is 17.5 Å². The monoisotopic (exact) mass is 519 g/mol. The average molecular weight is 520 g/mol. The van der Waals surface area contributed by atoms with Crippen molar-refractivity contribution in [2.75, 3.05) is 44.5 Å². The number of hydrogen-bond donors (Lipinski definition) is 1. The molecule has 38 heavy (non-hydrogen) atoms. The van der Waals surface area contributed by atoms with Gasteiger partial charge in [0.1, 0.15) is 17.5 Å². The molecular weight excluding hydrogens is 485 g/mol. The molecule has 0 saturated carbocycles. The summed E-state index contributed by atoms with van der Waals surface area (Å²) in [5, 5.41) is 3.67. The summed E-state index contributed by atoms with van der Waals surface area (Å²) in [5.41, 5.74) is 3.85. The van der Waals surface area contributed by atoms with E-state index in [1.54, 1.807) is 6.92 Å². The number of likely N-dealkylation sites (tertiary alicyclic amines) is 1. The van der Waals surface area contributed by atoms with E-state index in [0.29, 0.717) is 30.4 Å².